The maximum Gasteiger partial charge on any atom is 0.460 e. The first kappa shape index (κ1) is 28.2. The van der Waals surface area contributed by atoms with E-state index in [0.29, 0.717) is 34.6 Å². The summed E-state index contributed by atoms with van der Waals surface area (Å²) in [5, 5.41) is 0.592. The van der Waals surface area contributed by atoms with Crippen molar-refractivity contribution in [2.45, 2.75) is 70.9 Å². The van der Waals surface area contributed by atoms with E-state index >= 15 is 0 Å². The molecular weight excluding hydrogens is 505 g/mol. The molecular formula is C20H22F9NO3S. The van der Waals surface area contributed by atoms with E-state index in [-0.39, 0.29) is 24.4 Å². The highest BCUT2D eigenvalue weighted by Crippen LogP contribution is 2.53. The number of amides is 1. The molecule has 0 radical (unpaired) electrons. The van der Waals surface area contributed by atoms with Gasteiger partial charge in [-0.25, -0.2) is 4.79 Å². The number of carbonyl (C=O) groups excluding carboxylic acids is 2. The quantitative estimate of drug-likeness (QED) is 0.340. The highest BCUT2D eigenvalue weighted by atomic mass is 32.1. The van der Waals surface area contributed by atoms with Gasteiger partial charge in [-0.2, -0.15) is 39.5 Å². The molecule has 1 aliphatic rings. The normalized spacial score (nSPS) is 17.9. The second kappa shape index (κ2) is 8.90. The van der Waals surface area contributed by atoms with E-state index in [1.54, 1.807) is 0 Å². The van der Waals surface area contributed by atoms with Gasteiger partial charge in [0.15, 0.2) is 0 Å². The number of alkyl halides is 9. The maximum atomic E-state index is 14.0. The summed E-state index contributed by atoms with van der Waals surface area (Å²) in [5.74, 6) is -24.9. The summed E-state index contributed by atoms with van der Waals surface area (Å²) < 4.78 is 124. The lowest BCUT2D eigenvalue weighted by Crippen LogP contribution is -2.64. The molecule has 0 unspecified atom stereocenters. The molecule has 194 valence electrons. The van der Waals surface area contributed by atoms with E-state index < -0.39 is 46.4 Å². The number of thiophene rings is 1. The SMILES string of the molecule is CCOC(=O)c1c(NC(=O)C(F)(F)C(F)(F)C(F)(F)C(F)(F)F)sc2c1CC[C@H](C(C)(C)C)C2. The molecule has 1 N–H and O–H groups in total. The summed E-state index contributed by atoms with van der Waals surface area (Å²) in [6.07, 6.45) is -5.92. The largest absolute Gasteiger partial charge is 0.462 e. The first-order chi connectivity index (χ1) is 15.2. The van der Waals surface area contributed by atoms with Gasteiger partial charge < -0.3 is 10.1 Å². The average molecular weight is 527 g/mol. The second-order valence-electron chi connectivity index (χ2n) is 8.91. The molecule has 0 bridgehead atoms. The predicted octanol–water partition coefficient (Wildman–Crippen LogP) is 6.48. The third-order valence-corrected chi connectivity index (χ3v) is 6.80. The molecule has 0 saturated carbocycles. The van der Waals surface area contributed by atoms with Crippen LogP contribution in [-0.4, -0.2) is 42.4 Å². The number of esters is 1. The Morgan fingerprint density at radius 1 is 1.00 bits per heavy atom. The lowest BCUT2D eigenvalue weighted by Gasteiger charge is -2.33. The number of anilines is 1. The first-order valence-corrected chi connectivity index (χ1v) is 10.8. The Bertz CT molecular complexity index is 948. The predicted molar refractivity (Wildman–Crippen MR) is 105 cm³/mol. The van der Waals surface area contributed by atoms with Crippen molar-refractivity contribution in [3.63, 3.8) is 0 Å². The first-order valence-electron chi connectivity index (χ1n) is 10.0. The van der Waals surface area contributed by atoms with Crippen molar-refractivity contribution in [1.29, 1.82) is 0 Å². The molecule has 1 aromatic rings. The molecule has 4 nitrogen and oxygen atoms in total. The van der Waals surface area contributed by atoms with Crippen molar-refractivity contribution < 1.29 is 53.8 Å². The molecule has 1 atom stereocenters. The van der Waals surface area contributed by atoms with Crippen molar-refractivity contribution in [3.05, 3.63) is 16.0 Å². The lowest BCUT2D eigenvalue weighted by molar-refractivity contribution is -0.388. The molecule has 0 fully saturated rings. The molecule has 1 aromatic heterocycles. The van der Waals surface area contributed by atoms with Crippen LogP contribution < -0.4 is 5.32 Å². The van der Waals surface area contributed by atoms with E-state index in [9.17, 15) is 49.1 Å². The number of rotatable bonds is 6. The van der Waals surface area contributed by atoms with Crippen molar-refractivity contribution in [2.75, 3.05) is 11.9 Å². The number of carbonyl (C=O) groups is 2. The molecule has 0 aliphatic heterocycles. The zero-order chi connectivity index (χ0) is 26.5. The number of hydrogen-bond acceptors (Lipinski definition) is 4. The zero-order valence-corrected chi connectivity index (χ0v) is 19.3. The summed E-state index contributed by atoms with van der Waals surface area (Å²) in [6, 6.07) is 0. The third-order valence-electron chi connectivity index (χ3n) is 5.63. The van der Waals surface area contributed by atoms with Crippen molar-refractivity contribution >= 4 is 28.2 Å². The molecule has 1 heterocycles. The monoisotopic (exact) mass is 527 g/mol. The van der Waals surface area contributed by atoms with Crippen LogP contribution in [0.3, 0.4) is 0 Å². The van der Waals surface area contributed by atoms with Crippen molar-refractivity contribution in [3.8, 4) is 0 Å². The molecule has 14 heteroatoms. The summed E-state index contributed by atoms with van der Waals surface area (Å²) in [6.45, 7) is 7.06. The number of hydrogen-bond donors (Lipinski definition) is 1. The topological polar surface area (TPSA) is 55.4 Å². The Hall–Kier alpha value is -1.99. The highest BCUT2D eigenvalue weighted by Gasteiger charge is 2.83. The van der Waals surface area contributed by atoms with Gasteiger partial charge in [0.25, 0.3) is 0 Å². The van der Waals surface area contributed by atoms with Crippen LogP contribution in [0.25, 0.3) is 0 Å². The van der Waals surface area contributed by atoms with Gasteiger partial charge in [-0.15, -0.1) is 11.3 Å². The second-order valence-corrected chi connectivity index (χ2v) is 10.0. The molecule has 1 amide bonds. The number of nitrogens with one attached hydrogen (secondary N) is 1. The van der Waals surface area contributed by atoms with Crippen LogP contribution in [-0.2, 0) is 22.4 Å². The minimum atomic E-state index is -7.21. The Morgan fingerprint density at radius 3 is 2.03 bits per heavy atom. The van der Waals surface area contributed by atoms with Gasteiger partial charge in [-0.3, -0.25) is 4.79 Å². The van der Waals surface area contributed by atoms with Gasteiger partial charge in [0.05, 0.1) is 12.2 Å². The highest BCUT2D eigenvalue weighted by molar-refractivity contribution is 7.17. The summed E-state index contributed by atoms with van der Waals surface area (Å²) in [5.41, 5.74) is -0.299. The summed E-state index contributed by atoms with van der Waals surface area (Å²) >= 11 is 0.583. The van der Waals surface area contributed by atoms with Crippen molar-refractivity contribution in [2.24, 2.45) is 11.3 Å². The van der Waals surface area contributed by atoms with Gasteiger partial charge >= 0.3 is 35.8 Å². The standard InChI is InChI=1S/C20H22F9NO3S/c1-5-33-14(31)12-10-7-6-9(16(2,3)4)8-11(10)34-13(12)30-15(32)17(21,22)18(23,24)19(25,26)20(27,28)29/h9H,5-8H2,1-4H3,(H,30,32)/t9-/m0/s1. The van der Waals surface area contributed by atoms with Gasteiger partial charge in [0.2, 0.25) is 0 Å². The molecule has 0 spiro atoms. The van der Waals surface area contributed by atoms with Gasteiger partial charge in [-0.05, 0) is 43.1 Å². The minimum Gasteiger partial charge on any atom is -0.462 e. The lowest BCUT2D eigenvalue weighted by atomic mass is 9.72. The Morgan fingerprint density at radius 2 is 1.56 bits per heavy atom. The fourth-order valence-electron chi connectivity index (χ4n) is 3.53. The van der Waals surface area contributed by atoms with Crippen LogP contribution in [0, 0.1) is 11.3 Å². The van der Waals surface area contributed by atoms with E-state index in [2.05, 4.69) is 0 Å². The smallest absolute Gasteiger partial charge is 0.460 e. The number of halogens is 9. The molecule has 0 aromatic carbocycles. The summed E-state index contributed by atoms with van der Waals surface area (Å²) in [7, 11) is 0. The fourth-order valence-corrected chi connectivity index (χ4v) is 4.84. The molecule has 34 heavy (non-hydrogen) atoms. The van der Waals surface area contributed by atoms with Crippen LogP contribution in [0.5, 0.6) is 0 Å². The Kier molecular flexibility index (Phi) is 7.40. The van der Waals surface area contributed by atoms with Gasteiger partial charge in [-0.1, -0.05) is 20.8 Å². The van der Waals surface area contributed by atoms with Crippen LogP contribution in [0.1, 0.15) is 54.9 Å². The van der Waals surface area contributed by atoms with E-state index in [1.165, 1.54) is 12.2 Å². The maximum absolute atomic E-state index is 14.0. The Labute approximate surface area is 192 Å². The van der Waals surface area contributed by atoms with E-state index in [0.717, 1.165) is 0 Å². The third kappa shape index (κ3) is 4.74. The van der Waals surface area contributed by atoms with Crippen LogP contribution in [0.4, 0.5) is 44.5 Å². The minimum absolute atomic E-state index is 0.0634. The van der Waals surface area contributed by atoms with Crippen molar-refractivity contribution in [1.82, 2.24) is 0 Å². The average Bonchev–Trinajstić information content (AvgIpc) is 3.03. The van der Waals surface area contributed by atoms with Gasteiger partial charge in [0, 0.05) is 4.88 Å². The van der Waals surface area contributed by atoms with Gasteiger partial charge in [0.1, 0.15) is 5.00 Å². The van der Waals surface area contributed by atoms with Crippen LogP contribution >= 0.6 is 11.3 Å². The number of fused-ring (bicyclic) bond motifs is 1. The summed E-state index contributed by atoms with van der Waals surface area (Å²) in [4.78, 5) is 24.8. The van der Waals surface area contributed by atoms with Crippen LogP contribution in [0.2, 0.25) is 0 Å². The van der Waals surface area contributed by atoms with Crippen LogP contribution in [0.15, 0.2) is 0 Å². The molecule has 0 saturated heterocycles. The molecule has 1 aliphatic carbocycles. The van der Waals surface area contributed by atoms with E-state index in [1.807, 2.05) is 20.8 Å². The number of ether oxygens (including phenoxy) is 1. The zero-order valence-electron chi connectivity index (χ0n) is 18.4. The van der Waals surface area contributed by atoms with E-state index in [4.69, 9.17) is 4.74 Å². The Balaban J connectivity index is 2.49. The molecule has 2 rings (SSSR count). The fraction of sp³-hybridized carbons (Fsp3) is 0.700.